The molecule has 6 N–H and O–H groups in total. The zero-order valence-electron chi connectivity index (χ0n) is 28.3. The van der Waals surface area contributed by atoms with Gasteiger partial charge in [-0.25, -0.2) is 9.59 Å². The Balaban J connectivity index is 1.98. The lowest BCUT2D eigenvalue weighted by Gasteiger charge is -2.26. The minimum absolute atomic E-state index is 0.00636. The Labute approximate surface area is 292 Å². The summed E-state index contributed by atoms with van der Waals surface area (Å²) in [5.74, 6) is -1.98. The molecule has 0 saturated heterocycles. The second-order valence-electron chi connectivity index (χ2n) is 11.9. The van der Waals surface area contributed by atoms with Crippen molar-refractivity contribution in [1.29, 1.82) is 0 Å². The SMILES string of the molecule is CSCC[C@H](NC=O)C(=O)N[C@@H](CC(C)C)C(=O)N[C@@H](Cc1ccccc1)C(=O)NCCCC[C@H](NC(=O)OCc1ccccc1)C(=O)O. The highest BCUT2D eigenvalue weighted by Crippen LogP contribution is 2.10. The van der Waals surface area contributed by atoms with E-state index in [4.69, 9.17) is 4.74 Å². The topological polar surface area (TPSA) is 192 Å². The van der Waals surface area contributed by atoms with Crippen LogP contribution in [0.15, 0.2) is 60.7 Å². The van der Waals surface area contributed by atoms with E-state index < -0.39 is 54.0 Å². The molecule has 2 rings (SSSR count). The Bertz CT molecular complexity index is 1330. The first-order valence-electron chi connectivity index (χ1n) is 16.3. The number of thioether (sulfide) groups is 1. The Morgan fingerprint density at radius 3 is 1.98 bits per heavy atom. The van der Waals surface area contributed by atoms with Crippen molar-refractivity contribution in [3.63, 3.8) is 0 Å². The Kier molecular flexibility index (Phi) is 19.0. The number of carbonyl (C=O) groups is 6. The van der Waals surface area contributed by atoms with Crippen LogP contribution in [0.25, 0.3) is 0 Å². The van der Waals surface area contributed by atoms with Gasteiger partial charge in [-0.1, -0.05) is 74.5 Å². The molecule has 0 aliphatic heterocycles. The smallest absolute Gasteiger partial charge is 0.408 e. The highest BCUT2D eigenvalue weighted by molar-refractivity contribution is 7.98. The van der Waals surface area contributed by atoms with Crippen molar-refractivity contribution < 1.29 is 38.6 Å². The fraction of sp³-hybridized carbons (Fsp3) is 0.486. The minimum atomic E-state index is -1.20. The summed E-state index contributed by atoms with van der Waals surface area (Å²) in [6.07, 6.45) is 3.31. The normalized spacial score (nSPS) is 13.2. The fourth-order valence-electron chi connectivity index (χ4n) is 4.89. The van der Waals surface area contributed by atoms with Crippen LogP contribution >= 0.6 is 11.8 Å². The molecule has 0 unspecified atom stereocenters. The standard InChI is InChI=1S/C35H49N5O8S/c1-24(2)20-29(38-32(43)27(37-23-41)17-19-49-3)33(44)39-30(21-25-12-6-4-7-13-25)31(42)36-18-11-10-16-28(34(45)46)40-35(47)48-22-26-14-8-5-9-15-26/h4-9,12-15,23-24,27-30H,10-11,16-22H2,1-3H3,(H,36,42)(H,37,41)(H,38,43)(H,39,44)(H,40,47)(H,45,46)/t27-,28-,29-,30-/m0/s1. The number of rotatable bonds is 23. The summed E-state index contributed by atoms with van der Waals surface area (Å²) < 4.78 is 5.13. The van der Waals surface area contributed by atoms with Gasteiger partial charge in [0, 0.05) is 13.0 Å². The summed E-state index contributed by atoms with van der Waals surface area (Å²) in [5.41, 5.74) is 1.58. The molecule has 5 amide bonds. The third-order valence-electron chi connectivity index (χ3n) is 7.47. The molecule has 13 nitrogen and oxygen atoms in total. The zero-order chi connectivity index (χ0) is 36.0. The van der Waals surface area contributed by atoms with E-state index in [-0.39, 0.29) is 31.9 Å². The largest absolute Gasteiger partial charge is 0.480 e. The summed E-state index contributed by atoms with van der Waals surface area (Å²) >= 11 is 1.53. The van der Waals surface area contributed by atoms with E-state index in [1.807, 2.05) is 56.5 Å². The van der Waals surface area contributed by atoms with Crippen LogP contribution in [0.1, 0.15) is 57.1 Å². The number of alkyl carbamates (subject to hydrolysis) is 1. The molecule has 0 aromatic heterocycles. The molecule has 0 heterocycles. The molecule has 14 heteroatoms. The van der Waals surface area contributed by atoms with Gasteiger partial charge in [-0.15, -0.1) is 0 Å². The number of nitrogens with one attached hydrogen (secondary N) is 5. The number of aliphatic carboxylic acids is 1. The lowest BCUT2D eigenvalue weighted by molar-refractivity contribution is -0.139. The number of hydrogen-bond acceptors (Lipinski definition) is 8. The van der Waals surface area contributed by atoms with Gasteiger partial charge < -0.3 is 36.4 Å². The maximum atomic E-state index is 13.5. The van der Waals surface area contributed by atoms with Gasteiger partial charge in [0.1, 0.15) is 30.8 Å². The van der Waals surface area contributed by atoms with Crippen LogP contribution in [0.2, 0.25) is 0 Å². The van der Waals surface area contributed by atoms with Gasteiger partial charge >= 0.3 is 12.1 Å². The van der Waals surface area contributed by atoms with Crippen LogP contribution < -0.4 is 26.6 Å². The second-order valence-corrected chi connectivity index (χ2v) is 12.9. The van der Waals surface area contributed by atoms with Crippen LogP contribution in [0.3, 0.4) is 0 Å². The van der Waals surface area contributed by atoms with Crippen molar-refractivity contribution in [3.05, 3.63) is 71.8 Å². The van der Waals surface area contributed by atoms with E-state index in [2.05, 4.69) is 26.6 Å². The molecule has 0 radical (unpaired) electrons. The van der Waals surface area contributed by atoms with Gasteiger partial charge in [0.05, 0.1) is 0 Å². The van der Waals surface area contributed by atoms with Gasteiger partial charge in [-0.3, -0.25) is 19.2 Å². The van der Waals surface area contributed by atoms with Crippen molar-refractivity contribution in [1.82, 2.24) is 26.6 Å². The fourth-order valence-corrected chi connectivity index (χ4v) is 5.36. The molecule has 0 saturated carbocycles. The average molecular weight is 700 g/mol. The summed E-state index contributed by atoms with van der Waals surface area (Å²) in [7, 11) is 0. The maximum Gasteiger partial charge on any atom is 0.408 e. The van der Waals surface area contributed by atoms with E-state index in [0.717, 1.165) is 11.1 Å². The summed E-state index contributed by atoms with van der Waals surface area (Å²) in [5, 5.41) is 22.8. The highest BCUT2D eigenvalue weighted by Gasteiger charge is 2.29. The Morgan fingerprint density at radius 1 is 0.776 bits per heavy atom. The van der Waals surface area contributed by atoms with Crippen LogP contribution in [-0.4, -0.2) is 84.0 Å². The van der Waals surface area contributed by atoms with E-state index in [1.165, 1.54) is 11.8 Å². The second kappa shape index (κ2) is 22.9. The van der Waals surface area contributed by atoms with Gasteiger partial charge in [-0.2, -0.15) is 11.8 Å². The number of carboxylic acid groups (broad SMARTS) is 1. The number of carboxylic acids is 1. The molecule has 2 aromatic carbocycles. The molecule has 49 heavy (non-hydrogen) atoms. The first-order chi connectivity index (χ1) is 23.5. The van der Waals surface area contributed by atoms with Crippen molar-refractivity contribution in [2.45, 2.75) is 83.1 Å². The van der Waals surface area contributed by atoms with Gasteiger partial charge in [-0.05, 0) is 61.2 Å². The van der Waals surface area contributed by atoms with Crippen LogP contribution in [-0.2, 0) is 41.7 Å². The molecule has 0 spiro atoms. The van der Waals surface area contributed by atoms with Crippen LogP contribution in [0.5, 0.6) is 0 Å². The molecule has 0 bridgehead atoms. The first kappa shape index (κ1) is 40.6. The van der Waals surface area contributed by atoms with Crippen molar-refractivity contribution in [2.24, 2.45) is 5.92 Å². The minimum Gasteiger partial charge on any atom is -0.480 e. The number of benzene rings is 2. The zero-order valence-corrected chi connectivity index (χ0v) is 29.1. The van der Waals surface area contributed by atoms with Gasteiger partial charge in [0.15, 0.2) is 0 Å². The van der Waals surface area contributed by atoms with Gasteiger partial charge in [0.25, 0.3) is 0 Å². The molecule has 4 atom stereocenters. The lowest BCUT2D eigenvalue weighted by Crippen LogP contribution is -2.57. The van der Waals surface area contributed by atoms with E-state index >= 15 is 0 Å². The lowest BCUT2D eigenvalue weighted by atomic mass is 10.0. The molecule has 268 valence electrons. The Morgan fingerprint density at radius 2 is 1.39 bits per heavy atom. The number of carbonyl (C=O) groups excluding carboxylic acids is 5. The van der Waals surface area contributed by atoms with Crippen molar-refractivity contribution in [2.75, 3.05) is 18.6 Å². The summed E-state index contributed by atoms with van der Waals surface area (Å²) in [6, 6.07) is 14.3. The predicted octanol–water partition coefficient (Wildman–Crippen LogP) is 2.78. The van der Waals surface area contributed by atoms with E-state index in [1.54, 1.807) is 24.3 Å². The molecular formula is C35H49N5O8S. The number of unbranched alkanes of at least 4 members (excludes halogenated alkanes) is 1. The van der Waals surface area contributed by atoms with Crippen LogP contribution in [0.4, 0.5) is 4.79 Å². The van der Waals surface area contributed by atoms with Crippen LogP contribution in [0, 0.1) is 5.92 Å². The molecular weight excluding hydrogens is 650 g/mol. The third kappa shape index (κ3) is 16.4. The quantitative estimate of drug-likeness (QED) is 0.0748. The highest BCUT2D eigenvalue weighted by atomic mass is 32.2. The average Bonchev–Trinajstić information content (AvgIpc) is 3.08. The summed E-state index contributed by atoms with van der Waals surface area (Å²) in [4.78, 5) is 74.9. The molecule has 0 aliphatic carbocycles. The number of amides is 5. The first-order valence-corrected chi connectivity index (χ1v) is 17.7. The third-order valence-corrected chi connectivity index (χ3v) is 8.12. The number of hydrogen-bond donors (Lipinski definition) is 6. The molecule has 2 aromatic rings. The van der Waals surface area contributed by atoms with Crippen molar-refractivity contribution in [3.8, 4) is 0 Å². The maximum absolute atomic E-state index is 13.5. The predicted molar refractivity (Wildman–Crippen MR) is 187 cm³/mol. The molecule has 0 fully saturated rings. The van der Waals surface area contributed by atoms with E-state index in [9.17, 15) is 33.9 Å². The number of ether oxygens (including phenoxy) is 1. The van der Waals surface area contributed by atoms with Crippen molar-refractivity contribution >= 4 is 48.0 Å². The van der Waals surface area contributed by atoms with Gasteiger partial charge in [0.2, 0.25) is 24.1 Å². The Hall–Kier alpha value is -4.59. The molecule has 0 aliphatic rings. The monoisotopic (exact) mass is 699 g/mol. The summed E-state index contributed by atoms with van der Waals surface area (Å²) in [6.45, 7) is 4.03. The van der Waals surface area contributed by atoms with E-state index in [0.29, 0.717) is 37.8 Å².